The van der Waals surface area contributed by atoms with Crippen LogP contribution >= 0.6 is 0 Å². The molecule has 0 aromatic rings. The predicted octanol–water partition coefficient (Wildman–Crippen LogP) is 3.31. The first-order chi connectivity index (χ1) is 8.63. The van der Waals surface area contributed by atoms with E-state index in [1.54, 1.807) is 6.92 Å². The molecule has 1 unspecified atom stereocenters. The molecule has 1 rings (SSSR count). The van der Waals surface area contributed by atoms with Gasteiger partial charge in [0.2, 0.25) is 0 Å². The van der Waals surface area contributed by atoms with Crippen molar-refractivity contribution in [1.29, 1.82) is 0 Å². The summed E-state index contributed by atoms with van der Waals surface area (Å²) in [5, 5.41) is 0. The second kappa shape index (κ2) is 5.49. The van der Waals surface area contributed by atoms with Crippen molar-refractivity contribution >= 4 is 5.97 Å². The Morgan fingerprint density at radius 3 is 2.47 bits per heavy atom. The number of hydrogen-bond donors (Lipinski definition) is 0. The maximum absolute atomic E-state index is 11.8. The summed E-state index contributed by atoms with van der Waals surface area (Å²) in [4.78, 5) is 14.1. The van der Waals surface area contributed by atoms with Crippen LogP contribution in [-0.4, -0.2) is 34.6 Å². The first kappa shape index (κ1) is 16.0. The van der Waals surface area contributed by atoms with E-state index in [2.05, 4.69) is 45.8 Å². The van der Waals surface area contributed by atoms with Gasteiger partial charge in [-0.15, -0.1) is 6.58 Å². The Labute approximate surface area is 117 Å². The summed E-state index contributed by atoms with van der Waals surface area (Å²) < 4.78 is 5.62. The van der Waals surface area contributed by atoms with Crippen LogP contribution in [0.2, 0.25) is 0 Å². The second-order valence-corrected chi connectivity index (χ2v) is 6.58. The SMILES string of the molecule is C=CCN1C(C)(C)CCC(OC(=O)C(=C)C)C1(C)C. The summed E-state index contributed by atoms with van der Waals surface area (Å²) >= 11 is 0. The van der Waals surface area contributed by atoms with Crippen LogP contribution in [-0.2, 0) is 9.53 Å². The molecule has 0 saturated carbocycles. The number of piperidine rings is 1. The molecule has 0 aromatic carbocycles. The van der Waals surface area contributed by atoms with Gasteiger partial charge in [0.1, 0.15) is 6.10 Å². The van der Waals surface area contributed by atoms with Gasteiger partial charge in [-0.3, -0.25) is 4.90 Å². The van der Waals surface area contributed by atoms with E-state index in [0.717, 1.165) is 19.4 Å². The van der Waals surface area contributed by atoms with Crippen LogP contribution in [0.1, 0.15) is 47.5 Å². The van der Waals surface area contributed by atoms with Gasteiger partial charge in [0.05, 0.1) is 5.54 Å². The normalized spacial score (nSPS) is 25.6. The zero-order valence-corrected chi connectivity index (χ0v) is 13.0. The van der Waals surface area contributed by atoms with Crippen LogP contribution in [0.4, 0.5) is 0 Å². The Morgan fingerprint density at radius 2 is 2.00 bits per heavy atom. The highest BCUT2D eigenvalue weighted by atomic mass is 16.5. The van der Waals surface area contributed by atoms with Crippen molar-refractivity contribution < 1.29 is 9.53 Å². The third kappa shape index (κ3) is 3.27. The zero-order chi connectivity index (χ0) is 14.8. The number of nitrogens with zero attached hydrogens (tertiary/aromatic N) is 1. The lowest BCUT2D eigenvalue weighted by atomic mass is 9.77. The molecule has 0 radical (unpaired) electrons. The van der Waals surface area contributed by atoms with E-state index in [1.807, 2.05) is 6.08 Å². The molecule has 1 fully saturated rings. The molecule has 0 spiro atoms. The van der Waals surface area contributed by atoms with Crippen LogP contribution < -0.4 is 0 Å². The summed E-state index contributed by atoms with van der Waals surface area (Å²) in [5.41, 5.74) is 0.334. The van der Waals surface area contributed by atoms with E-state index in [9.17, 15) is 4.79 Å². The largest absolute Gasteiger partial charge is 0.457 e. The fourth-order valence-corrected chi connectivity index (χ4v) is 2.97. The summed E-state index contributed by atoms with van der Waals surface area (Å²) in [6, 6.07) is 0. The van der Waals surface area contributed by atoms with E-state index in [-0.39, 0.29) is 23.2 Å². The predicted molar refractivity (Wildman–Crippen MR) is 79.0 cm³/mol. The van der Waals surface area contributed by atoms with Crippen molar-refractivity contribution in [1.82, 2.24) is 4.90 Å². The van der Waals surface area contributed by atoms with Gasteiger partial charge in [-0.05, 0) is 47.5 Å². The lowest BCUT2D eigenvalue weighted by molar-refractivity contribution is -0.164. The van der Waals surface area contributed by atoms with Crippen molar-refractivity contribution in [2.45, 2.75) is 64.6 Å². The van der Waals surface area contributed by atoms with Gasteiger partial charge in [-0.2, -0.15) is 0 Å². The fraction of sp³-hybridized carbons (Fsp3) is 0.688. The topological polar surface area (TPSA) is 29.5 Å². The number of hydrogen-bond acceptors (Lipinski definition) is 3. The fourth-order valence-electron chi connectivity index (χ4n) is 2.97. The molecule has 3 nitrogen and oxygen atoms in total. The maximum Gasteiger partial charge on any atom is 0.333 e. The van der Waals surface area contributed by atoms with Crippen molar-refractivity contribution in [2.24, 2.45) is 0 Å². The number of ether oxygens (including phenoxy) is 1. The molecular weight excluding hydrogens is 238 g/mol. The van der Waals surface area contributed by atoms with Crippen LogP contribution in [0, 0.1) is 0 Å². The third-order valence-electron chi connectivity index (χ3n) is 4.14. The molecule has 0 bridgehead atoms. The zero-order valence-electron chi connectivity index (χ0n) is 13.0. The molecule has 1 aliphatic rings. The first-order valence-electron chi connectivity index (χ1n) is 6.88. The second-order valence-electron chi connectivity index (χ2n) is 6.58. The molecule has 1 heterocycles. The molecule has 1 saturated heterocycles. The van der Waals surface area contributed by atoms with E-state index in [4.69, 9.17) is 4.74 Å². The van der Waals surface area contributed by atoms with Crippen LogP contribution in [0.5, 0.6) is 0 Å². The molecule has 0 aliphatic carbocycles. The van der Waals surface area contributed by atoms with Gasteiger partial charge in [0.25, 0.3) is 0 Å². The van der Waals surface area contributed by atoms with Gasteiger partial charge in [0, 0.05) is 17.7 Å². The molecule has 19 heavy (non-hydrogen) atoms. The van der Waals surface area contributed by atoms with E-state index >= 15 is 0 Å². The smallest absolute Gasteiger partial charge is 0.333 e. The average molecular weight is 265 g/mol. The molecule has 0 amide bonds. The minimum absolute atomic E-state index is 0.0871. The monoisotopic (exact) mass is 265 g/mol. The van der Waals surface area contributed by atoms with Crippen LogP contribution in [0.3, 0.4) is 0 Å². The quantitative estimate of drug-likeness (QED) is 0.444. The average Bonchev–Trinajstić information content (AvgIpc) is 2.28. The maximum atomic E-state index is 11.8. The summed E-state index contributed by atoms with van der Waals surface area (Å²) in [6.07, 6.45) is 3.68. The Bertz CT molecular complexity index is 382. The molecule has 3 heteroatoms. The van der Waals surface area contributed by atoms with Gasteiger partial charge in [-0.1, -0.05) is 12.7 Å². The van der Waals surface area contributed by atoms with Crippen molar-refractivity contribution in [3.8, 4) is 0 Å². The highest BCUT2D eigenvalue weighted by Crippen LogP contribution is 2.39. The van der Waals surface area contributed by atoms with Gasteiger partial charge < -0.3 is 4.74 Å². The first-order valence-corrected chi connectivity index (χ1v) is 6.88. The summed E-state index contributed by atoms with van der Waals surface area (Å²) in [5.74, 6) is -0.295. The lowest BCUT2D eigenvalue weighted by Crippen LogP contribution is -2.65. The Hall–Kier alpha value is -1.09. The van der Waals surface area contributed by atoms with E-state index in [1.165, 1.54) is 0 Å². The molecule has 1 atom stereocenters. The minimum Gasteiger partial charge on any atom is -0.457 e. The van der Waals surface area contributed by atoms with E-state index in [0.29, 0.717) is 5.57 Å². The Balaban J connectivity index is 2.95. The van der Waals surface area contributed by atoms with Crippen LogP contribution in [0.25, 0.3) is 0 Å². The van der Waals surface area contributed by atoms with Crippen LogP contribution in [0.15, 0.2) is 24.8 Å². The standard InChI is InChI=1S/C16H27NO2/c1-8-11-17-15(4,5)10-9-13(16(17,6)7)19-14(18)12(2)3/h8,13H,1-2,9-11H2,3-7H3. The highest BCUT2D eigenvalue weighted by molar-refractivity contribution is 5.87. The minimum atomic E-state index is -0.295. The van der Waals surface area contributed by atoms with Gasteiger partial charge in [-0.25, -0.2) is 4.79 Å². The molecule has 108 valence electrons. The summed E-state index contributed by atoms with van der Waals surface area (Å²) in [7, 11) is 0. The number of carbonyl (C=O) groups is 1. The third-order valence-corrected chi connectivity index (χ3v) is 4.14. The van der Waals surface area contributed by atoms with Gasteiger partial charge >= 0.3 is 5.97 Å². The number of likely N-dealkylation sites (tertiary alicyclic amines) is 1. The Morgan fingerprint density at radius 1 is 1.42 bits per heavy atom. The lowest BCUT2D eigenvalue weighted by Gasteiger charge is -2.55. The molecular formula is C16H27NO2. The highest BCUT2D eigenvalue weighted by Gasteiger charge is 2.48. The number of esters is 1. The molecule has 0 N–H and O–H groups in total. The number of rotatable bonds is 4. The Kier molecular flexibility index (Phi) is 4.62. The number of carbonyl (C=O) groups excluding carboxylic acids is 1. The molecule has 1 aliphatic heterocycles. The summed E-state index contributed by atoms with van der Waals surface area (Å²) in [6.45, 7) is 18.7. The van der Waals surface area contributed by atoms with Crippen molar-refractivity contribution in [3.05, 3.63) is 24.8 Å². The molecule has 0 aromatic heterocycles. The van der Waals surface area contributed by atoms with Gasteiger partial charge in [0.15, 0.2) is 0 Å². The van der Waals surface area contributed by atoms with Crippen molar-refractivity contribution in [3.63, 3.8) is 0 Å². The van der Waals surface area contributed by atoms with E-state index < -0.39 is 0 Å². The van der Waals surface area contributed by atoms with Crippen molar-refractivity contribution in [2.75, 3.05) is 6.54 Å².